The highest BCUT2D eigenvalue weighted by Gasteiger charge is 2.15. The molecular formula is C23H26FN2O2+. The second-order valence-corrected chi connectivity index (χ2v) is 7.24. The maximum Gasteiger partial charge on any atom is 0.277 e. The molecule has 28 heavy (non-hydrogen) atoms. The standard InChI is InChI=1S/C23H25FN2O2/c1-25(14-17-5-4-6-21(24)12-17)16-23(27)26(2)15-18-7-8-20-13-22(28-3)10-9-19(20)11-18/h4-13H,14-16H2,1-3H3/p+1. The largest absolute Gasteiger partial charge is 0.497 e. The molecule has 4 nitrogen and oxygen atoms in total. The fourth-order valence-corrected chi connectivity index (χ4v) is 3.31. The normalized spacial score (nSPS) is 12.0. The molecule has 1 amide bonds. The van der Waals surface area contributed by atoms with Crippen molar-refractivity contribution in [3.63, 3.8) is 0 Å². The van der Waals surface area contributed by atoms with Crippen molar-refractivity contribution >= 4 is 16.7 Å². The summed E-state index contributed by atoms with van der Waals surface area (Å²) in [7, 11) is 5.42. The van der Waals surface area contributed by atoms with Gasteiger partial charge in [-0.05, 0) is 46.7 Å². The Bertz CT molecular complexity index is 974. The Morgan fingerprint density at radius 2 is 1.79 bits per heavy atom. The second kappa shape index (κ2) is 8.85. The van der Waals surface area contributed by atoms with Gasteiger partial charge in [0.05, 0.1) is 14.2 Å². The Hall–Kier alpha value is -2.92. The molecule has 0 aliphatic rings. The van der Waals surface area contributed by atoms with Gasteiger partial charge >= 0.3 is 0 Å². The van der Waals surface area contributed by atoms with Gasteiger partial charge in [-0.3, -0.25) is 4.79 Å². The van der Waals surface area contributed by atoms with E-state index in [9.17, 15) is 9.18 Å². The van der Waals surface area contributed by atoms with Crippen molar-refractivity contribution in [1.82, 2.24) is 4.90 Å². The first kappa shape index (κ1) is 19.8. The molecule has 1 atom stereocenters. The first-order chi connectivity index (χ1) is 13.4. The van der Waals surface area contributed by atoms with Gasteiger partial charge in [0.25, 0.3) is 5.91 Å². The van der Waals surface area contributed by atoms with E-state index in [-0.39, 0.29) is 11.7 Å². The van der Waals surface area contributed by atoms with Crippen LogP contribution in [0.2, 0.25) is 0 Å². The summed E-state index contributed by atoms with van der Waals surface area (Å²) in [6.07, 6.45) is 0. The molecule has 0 saturated heterocycles. The van der Waals surface area contributed by atoms with E-state index in [0.717, 1.165) is 32.5 Å². The van der Waals surface area contributed by atoms with Crippen LogP contribution in [0.15, 0.2) is 60.7 Å². The second-order valence-electron chi connectivity index (χ2n) is 7.24. The first-order valence-electron chi connectivity index (χ1n) is 9.31. The lowest BCUT2D eigenvalue weighted by Crippen LogP contribution is -3.08. The summed E-state index contributed by atoms with van der Waals surface area (Å²) in [5, 5.41) is 2.23. The van der Waals surface area contributed by atoms with Gasteiger partial charge in [-0.15, -0.1) is 0 Å². The van der Waals surface area contributed by atoms with Crippen molar-refractivity contribution < 1.29 is 18.8 Å². The third kappa shape index (κ3) is 5.08. The minimum absolute atomic E-state index is 0.0590. The van der Waals surface area contributed by atoms with E-state index in [1.807, 2.05) is 50.5 Å². The van der Waals surface area contributed by atoms with Gasteiger partial charge in [-0.2, -0.15) is 0 Å². The summed E-state index contributed by atoms with van der Waals surface area (Å²) in [4.78, 5) is 15.3. The Balaban J connectivity index is 1.59. The maximum absolute atomic E-state index is 13.3. The summed E-state index contributed by atoms with van der Waals surface area (Å²) in [5.74, 6) is 0.642. The van der Waals surface area contributed by atoms with E-state index < -0.39 is 0 Å². The number of rotatable bonds is 7. The van der Waals surface area contributed by atoms with E-state index in [1.54, 1.807) is 18.1 Å². The van der Waals surface area contributed by atoms with Crippen LogP contribution in [-0.4, -0.2) is 38.6 Å². The molecule has 0 aromatic heterocycles. The minimum atomic E-state index is -0.248. The average molecular weight is 381 g/mol. The fraction of sp³-hybridized carbons (Fsp3) is 0.261. The quantitative estimate of drug-likeness (QED) is 0.683. The van der Waals surface area contributed by atoms with Crippen LogP contribution in [0.4, 0.5) is 4.39 Å². The lowest BCUT2D eigenvalue weighted by atomic mass is 10.1. The summed E-state index contributed by atoms with van der Waals surface area (Å²) >= 11 is 0. The lowest BCUT2D eigenvalue weighted by Gasteiger charge is -2.20. The van der Waals surface area contributed by atoms with Crippen LogP contribution in [0.5, 0.6) is 5.75 Å². The number of methoxy groups -OCH3 is 1. The van der Waals surface area contributed by atoms with Crippen LogP contribution >= 0.6 is 0 Å². The number of ether oxygens (including phenoxy) is 1. The first-order valence-corrected chi connectivity index (χ1v) is 9.31. The van der Waals surface area contributed by atoms with Crippen molar-refractivity contribution in [1.29, 1.82) is 0 Å². The molecule has 0 heterocycles. The topological polar surface area (TPSA) is 34.0 Å². The molecule has 0 fully saturated rings. The predicted molar refractivity (Wildman–Crippen MR) is 109 cm³/mol. The molecule has 1 unspecified atom stereocenters. The summed E-state index contributed by atoms with van der Waals surface area (Å²) in [6.45, 7) is 1.51. The smallest absolute Gasteiger partial charge is 0.277 e. The number of carbonyl (C=O) groups is 1. The Labute approximate surface area is 165 Å². The van der Waals surface area contributed by atoms with E-state index in [0.29, 0.717) is 19.6 Å². The molecule has 0 bridgehead atoms. The number of halogens is 1. The number of nitrogens with zero attached hydrogens (tertiary/aromatic N) is 1. The van der Waals surface area contributed by atoms with Crippen LogP contribution in [0, 0.1) is 5.82 Å². The van der Waals surface area contributed by atoms with Gasteiger partial charge in [0, 0.05) is 19.2 Å². The molecule has 146 valence electrons. The van der Waals surface area contributed by atoms with E-state index in [2.05, 4.69) is 6.07 Å². The molecule has 0 aliphatic carbocycles. The molecular weight excluding hydrogens is 355 g/mol. The maximum atomic E-state index is 13.3. The molecule has 0 spiro atoms. The van der Waals surface area contributed by atoms with Crippen LogP contribution < -0.4 is 9.64 Å². The van der Waals surface area contributed by atoms with Crippen molar-refractivity contribution in [3.05, 3.63) is 77.6 Å². The number of quaternary nitrogens is 1. The zero-order chi connectivity index (χ0) is 20.1. The average Bonchev–Trinajstić information content (AvgIpc) is 2.67. The molecule has 0 aliphatic heterocycles. The third-order valence-corrected chi connectivity index (χ3v) is 4.81. The number of amides is 1. The molecule has 3 rings (SSSR count). The highest BCUT2D eigenvalue weighted by atomic mass is 19.1. The monoisotopic (exact) mass is 381 g/mol. The number of hydrogen-bond acceptors (Lipinski definition) is 2. The van der Waals surface area contributed by atoms with Crippen molar-refractivity contribution in [3.8, 4) is 5.75 Å². The number of nitrogens with one attached hydrogen (secondary N) is 1. The lowest BCUT2D eigenvalue weighted by molar-refractivity contribution is -0.885. The SMILES string of the molecule is COc1ccc2cc(CN(C)C(=O)C[NH+](C)Cc3cccc(F)c3)ccc2c1. The van der Waals surface area contributed by atoms with Crippen LogP contribution in [-0.2, 0) is 17.9 Å². The number of likely N-dealkylation sites (N-methyl/N-ethyl adjacent to an activating group) is 2. The third-order valence-electron chi connectivity index (χ3n) is 4.81. The Morgan fingerprint density at radius 1 is 1.04 bits per heavy atom. The highest BCUT2D eigenvalue weighted by molar-refractivity contribution is 5.84. The van der Waals surface area contributed by atoms with E-state index >= 15 is 0 Å². The fourth-order valence-electron chi connectivity index (χ4n) is 3.31. The van der Waals surface area contributed by atoms with Gasteiger partial charge in [-0.25, -0.2) is 4.39 Å². The zero-order valence-corrected chi connectivity index (χ0v) is 16.5. The van der Waals surface area contributed by atoms with E-state index in [4.69, 9.17) is 4.74 Å². The minimum Gasteiger partial charge on any atom is -0.497 e. The molecule has 1 N–H and O–H groups in total. The number of benzene rings is 3. The van der Waals surface area contributed by atoms with Gasteiger partial charge < -0.3 is 14.5 Å². The number of carbonyl (C=O) groups excluding carboxylic acids is 1. The Morgan fingerprint density at radius 3 is 2.54 bits per heavy atom. The van der Waals surface area contributed by atoms with Gasteiger partial charge in [0.15, 0.2) is 6.54 Å². The Kier molecular flexibility index (Phi) is 6.26. The van der Waals surface area contributed by atoms with E-state index in [1.165, 1.54) is 12.1 Å². The number of fused-ring (bicyclic) bond motifs is 1. The van der Waals surface area contributed by atoms with Crippen molar-refractivity contribution in [2.24, 2.45) is 0 Å². The summed E-state index contributed by atoms with van der Waals surface area (Å²) in [6, 6.07) is 18.7. The molecule has 0 saturated carbocycles. The van der Waals surface area contributed by atoms with Crippen molar-refractivity contribution in [2.75, 3.05) is 27.7 Å². The van der Waals surface area contributed by atoms with Crippen LogP contribution in [0.3, 0.4) is 0 Å². The van der Waals surface area contributed by atoms with Gasteiger partial charge in [-0.1, -0.05) is 30.3 Å². The highest BCUT2D eigenvalue weighted by Crippen LogP contribution is 2.22. The van der Waals surface area contributed by atoms with Crippen molar-refractivity contribution in [2.45, 2.75) is 13.1 Å². The van der Waals surface area contributed by atoms with Gasteiger partial charge in [0.2, 0.25) is 0 Å². The zero-order valence-electron chi connectivity index (χ0n) is 16.5. The van der Waals surface area contributed by atoms with Crippen LogP contribution in [0.25, 0.3) is 10.8 Å². The summed E-state index contributed by atoms with van der Waals surface area (Å²) < 4.78 is 18.6. The molecule has 3 aromatic carbocycles. The number of hydrogen-bond donors (Lipinski definition) is 1. The van der Waals surface area contributed by atoms with Gasteiger partial charge in [0.1, 0.15) is 18.1 Å². The van der Waals surface area contributed by atoms with Crippen LogP contribution in [0.1, 0.15) is 11.1 Å². The molecule has 0 radical (unpaired) electrons. The predicted octanol–water partition coefficient (Wildman–Crippen LogP) is 2.66. The molecule has 3 aromatic rings. The molecule has 5 heteroatoms. The summed E-state index contributed by atoms with van der Waals surface area (Å²) in [5.41, 5.74) is 1.97.